The first-order valence-corrected chi connectivity index (χ1v) is 26.8. The first kappa shape index (κ1) is 41.5. The number of thiophene rings is 2. The average molecular weight is 1000 g/mol. The van der Waals surface area contributed by atoms with Crippen molar-refractivity contribution in [2.45, 2.75) is 0 Å². The van der Waals surface area contributed by atoms with E-state index in [0.29, 0.717) is 33.8 Å². The third kappa shape index (κ3) is 5.35. The van der Waals surface area contributed by atoms with Gasteiger partial charge in [0.1, 0.15) is 22.8 Å². The minimum absolute atomic E-state index is 0.372. The number of furan rings is 2. The summed E-state index contributed by atoms with van der Waals surface area (Å²) in [4.78, 5) is 4.71. The lowest BCUT2D eigenvalue weighted by molar-refractivity contribution is 0.669. The molecule has 6 nitrogen and oxygen atoms in total. The summed E-state index contributed by atoms with van der Waals surface area (Å²) < 4.78 is 23.2. The zero-order valence-electron chi connectivity index (χ0n) is 40.1. The van der Waals surface area contributed by atoms with Crippen molar-refractivity contribution in [3.63, 3.8) is 0 Å². The average Bonchev–Trinajstić information content (AvgIpc) is 4.52. The molecule has 0 unspecified atom stereocenters. The van der Waals surface area contributed by atoms with E-state index < -0.39 is 0 Å². The summed E-state index contributed by atoms with van der Waals surface area (Å²) in [7, 11) is 0. The Morgan fingerprint density at radius 1 is 0.395 bits per heavy atom. The van der Waals surface area contributed by atoms with Gasteiger partial charge in [0.05, 0.1) is 60.4 Å². The number of fused-ring (bicyclic) bond motifs is 22. The predicted octanol–water partition coefficient (Wildman–Crippen LogP) is 20.2. The Morgan fingerprint density at radius 3 is 1.49 bits per heavy atom. The Hall–Kier alpha value is -9.96. The molecular formula is C68H34N4O2S2. The number of para-hydroxylation sites is 2. The largest absolute Gasteiger partial charge is 0.456 e. The molecule has 0 amide bonds. The van der Waals surface area contributed by atoms with Crippen LogP contribution in [0.4, 0.5) is 5.69 Å². The topological polar surface area (TPSA) is 64.3 Å². The van der Waals surface area contributed by atoms with E-state index in [2.05, 4.69) is 155 Å². The van der Waals surface area contributed by atoms with Crippen LogP contribution in [0.25, 0.3) is 166 Å². The van der Waals surface area contributed by atoms with Gasteiger partial charge in [-0.2, -0.15) is 5.26 Å². The quantitative estimate of drug-likeness (QED) is 0.165. The maximum Gasteiger partial charge on any atom is 0.220 e. The van der Waals surface area contributed by atoms with Gasteiger partial charge in [0.15, 0.2) is 5.58 Å². The molecule has 11 aromatic carbocycles. The number of hydrogen-bond donors (Lipinski definition) is 0. The lowest BCUT2D eigenvalue weighted by atomic mass is 9.88. The molecule has 6 aromatic heterocycles. The number of aromatic nitrogens is 2. The van der Waals surface area contributed by atoms with E-state index in [1.54, 1.807) is 22.7 Å². The van der Waals surface area contributed by atoms with Gasteiger partial charge in [0, 0.05) is 79.8 Å². The lowest BCUT2D eigenvalue weighted by Crippen LogP contribution is -2.09. The lowest BCUT2D eigenvalue weighted by Gasteiger charge is -2.26. The zero-order valence-corrected chi connectivity index (χ0v) is 41.7. The molecule has 350 valence electrons. The van der Waals surface area contributed by atoms with Crippen molar-refractivity contribution < 1.29 is 8.83 Å². The molecule has 0 atom stereocenters. The molecular weight excluding hydrogens is 969 g/mol. The fraction of sp³-hybridized carbons (Fsp3) is 0. The molecule has 8 heteroatoms. The summed E-state index contributed by atoms with van der Waals surface area (Å²) in [6, 6.07) is 74.7. The highest BCUT2D eigenvalue weighted by Gasteiger charge is 2.34. The van der Waals surface area contributed by atoms with Crippen molar-refractivity contribution in [2.24, 2.45) is 0 Å². The molecule has 0 saturated heterocycles. The molecule has 0 spiro atoms. The van der Waals surface area contributed by atoms with Crippen molar-refractivity contribution in [1.29, 1.82) is 5.26 Å². The normalized spacial score (nSPS) is 12.2. The number of hydrogen-bond acceptors (Lipinski definition) is 5. The minimum atomic E-state index is 0.372. The summed E-state index contributed by atoms with van der Waals surface area (Å²) in [5, 5.41) is 25.0. The fourth-order valence-electron chi connectivity index (χ4n) is 12.7. The van der Waals surface area contributed by atoms with Crippen LogP contribution in [0.5, 0.6) is 0 Å². The summed E-state index contributed by atoms with van der Waals surface area (Å²) in [6.07, 6.45) is 0. The van der Waals surface area contributed by atoms with Gasteiger partial charge in [-0.25, -0.2) is 4.85 Å². The van der Waals surface area contributed by atoms with E-state index in [1.807, 2.05) is 66.7 Å². The fourth-order valence-corrected chi connectivity index (χ4v) is 15.2. The second kappa shape index (κ2) is 15.3. The maximum atomic E-state index is 12.4. The molecule has 0 aliphatic heterocycles. The second-order valence-corrected chi connectivity index (χ2v) is 21.6. The molecule has 0 fully saturated rings. The first-order chi connectivity index (χ1) is 37.7. The van der Waals surface area contributed by atoms with E-state index in [9.17, 15) is 11.8 Å². The minimum Gasteiger partial charge on any atom is -0.456 e. The number of nitriles is 1. The van der Waals surface area contributed by atoms with E-state index in [-0.39, 0.29) is 0 Å². The highest BCUT2D eigenvalue weighted by atomic mass is 32.1. The zero-order chi connectivity index (χ0) is 49.9. The molecule has 0 saturated carbocycles. The molecule has 0 N–H and O–H groups in total. The van der Waals surface area contributed by atoms with E-state index >= 15 is 0 Å². The van der Waals surface area contributed by atoms with Gasteiger partial charge < -0.3 is 18.0 Å². The number of rotatable bonds is 4. The molecule has 0 radical (unpaired) electrons. The third-order valence-corrected chi connectivity index (χ3v) is 18.2. The summed E-state index contributed by atoms with van der Waals surface area (Å²) in [6.45, 7) is 9.65. The maximum absolute atomic E-state index is 12.4. The van der Waals surface area contributed by atoms with Gasteiger partial charge in [-0.3, -0.25) is 0 Å². The number of benzene rings is 11. The van der Waals surface area contributed by atoms with Crippen molar-refractivity contribution in [3.05, 3.63) is 223 Å². The SMILES string of the molecule is [C-]#[N+]c1c(-c2ccccc2)c(C#N)c(-n2c3c(ccc4c5ccccc5oc43)c3ccc4oc5ccccc5c4c32)c(-c2ccccc2)c1-n1c2c(ccc3c4ccccc4sc32)c2ccc3c4ccccc4sc3c21. The Bertz CT molecular complexity index is 5370. The van der Waals surface area contributed by atoms with Crippen LogP contribution in [0, 0.1) is 17.9 Å². The van der Waals surface area contributed by atoms with Crippen LogP contribution in [0.2, 0.25) is 0 Å². The molecule has 76 heavy (non-hydrogen) atoms. The van der Waals surface area contributed by atoms with Gasteiger partial charge in [-0.05, 0) is 53.6 Å². The molecule has 17 aromatic rings. The summed E-state index contributed by atoms with van der Waals surface area (Å²) >= 11 is 3.57. The van der Waals surface area contributed by atoms with E-state index in [0.717, 1.165) is 119 Å². The Morgan fingerprint density at radius 2 is 0.868 bits per heavy atom. The summed E-state index contributed by atoms with van der Waals surface area (Å²) in [5.41, 5.74) is 11.7. The van der Waals surface area contributed by atoms with Crippen LogP contribution in [0.15, 0.2) is 215 Å². The molecule has 0 bridgehead atoms. The van der Waals surface area contributed by atoms with E-state index in [4.69, 9.17) is 13.7 Å². The highest BCUT2D eigenvalue weighted by Crippen LogP contribution is 2.56. The summed E-state index contributed by atoms with van der Waals surface area (Å²) in [5.74, 6) is 0. The third-order valence-electron chi connectivity index (χ3n) is 15.8. The predicted molar refractivity (Wildman–Crippen MR) is 317 cm³/mol. The van der Waals surface area contributed by atoms with Crippen LogP contribution in [-0.4, -0.2) is 9.13 Å². The van der Waals surface area contributed by atoms with Crippen molar-refractivity contribution >= 4 is 156 Å². The Labute approximate surface area is 439 Å². The van der Waals surface area contributed by atoms with Crippen molar-refractivity contribution in [1.82, 2.24) is 9.13 Å². The van der Waals surface area contributed by atoms with Crippen LogP contribution in [0.1, 0.15) is 5.56 Å². The first-order valence-electron chi connectivity index (χ1n) is 25.2. The smallest absolute Gasteiger partial charge is 0.220 e. The number of nitrogens with zero attached hydrogens (tertiary/aromatic N) is 4. The van der Waals surface area contributed by atoms with Crippen LogP contribution in [-0.2, 0) is 0 Å². The van der Waals surface area contributed by atoms with Crippen molar-refractivity contribution in [2.75, 3.05) is 0 Å². The monoisotopic (exact) mass is 1000 g/mol. The van der Waals surface area contributed by atoms with Crippen molar-refractivity contribution in [3.8, 4) is 39.7 Å². The van der Waals surface area contributed by atoms with Gasteiger partial charge >= 0.3 is 0 Å². The van der Waals surface area contributed by atoms with Crippen LogP contribution >= 0.6 is 22.7 Å². The van der Waals surface area contributed by atoms with Gasteiger partial charge in [0.25, 0.3) is 0 Å². The molecule has 0 aliphatic rings. The van der Waals surface area contributed by atoms with Gasteiger partial charge in [-0.1, -0.05) is 164 Å². The Balaban J connectivity index is 1.21. The molecule has 6 heterocycles. The Kier molecular flexibility index (Phi) is 8.36. The van der Waals surface area contributed by atoms with Gasteiger partial charge in [0.2, 0.25) is 5.69 Å². The highest BCUT2D eigenvalue weighted by molar-refractivity contribution is 7.27. The van der Waals surface area contributed by atoms with Crippen LogP contribution in [0.3, 0.4) is 0 Å². The standard InChI is InChI=1S/C68H34N4O2S2/c1-70-59-56(37-16-4-2-5-17-37)50(36-69)61(71-60-42(34-35-53-58(60)49-23-9-13-25-52(49)73-53)43-28-31-46-39-20-8-12-24-51(39)74-66(46)62(43)71)57(38-18-6-3-7-19-38)65(59)72-63-44(29-32-47-40-21-10-14-26-54(40)75-67(47)63)45-30-33-48-41-22-11-15-27-55(41)76-68(48)64(45)72/h2-35H. The molecule has 17 rings (SSSR count). The molecule has 0 aliphatic carbocycles. The van der Waals surface area contributed by atoms with E-state index in [1.165, 1.54) is 20.2 Å². The second-order valence-electron chi connectivity index (χ2n) is 19.5. The van der Waals surface area contributed by atoms with Gasteiger partial charge in [-0.15, -0.1) is 22.7 Å². The van der Waals surface area contributed by atoms with Crippen LogP contribution < -0.4 is 0 Å².